The van der Waals surface area contributed by atoms with Crippen LogP contribution in [-0.2, 0) is 9.53 Å². The average molecular weight is 289 g/mol. The molecule has 3 rings (SSSR count). The summed E-state index contributed by atoms with van der Waals surface area (Å²) >= 11 is 0. The van der Waals surface area contributed by atoms with Crippen LogP contribution >= 0.6 is 0 Å². The third-order valence-corrected chi connectivity index (χ3v) is 4.64. The number of hydrogen-bond donors (Lipinski definition) is 0. The minimum absolute atomic E-state index is 0.0463. The Bertz CT molecular complexity index is 494. The fourth-order valence-electron chi connectivity index (χ4n) is 3.07. The number of piperidine rings is 1. The number of carbonyl (C=O) groups excluding carboxylic acids is 1. The molecule has 1 aliphatic carbocycles. The van der Waals surface area contributed by atoms with Gasteiger partial charge in [-0.1, -0.05) is 6.42 Å². The zero-order valence-corrected chi connectivity index (χ0v) is 12.6. The molecule has 0 N–H and O–H groups in total. The van der Waals surface area contributed by atoms with Crippen molar-refractivity contribution in [3.05, 3.63) is 18.1 Å². The van der Waals surface area contributed by atoms with Gasteiger partial charge in [-0.15, -0.1) is 0 Å². The van der Waals surface area contributed by atoms with Gasteiger partial charge in [-0.05, 0) is 32.6 Å². The van der Waals surface area contributed by atoms with Gasteiger partial charge in [0, 0.05) is 30.8 Å². The van der Waals surface area contributed by atoms with Gasteiger partial charge in [0.05, 0.1) is 12.5 Å². The van der Waals surface area contributed by atoms with Gasteiger partial charge in [-0.3, -0.25) is 4.79 Å². The molecule has 1 aromatic heterocycles. The molecule has 0 radical (unpaired) electrons. The van der Waals surface area contributed by atoms with Gasteiger partial charge < -0.3 is 9.64 Å². The summed E-state index contributed by atoms with van der Waals surface area (Å²) < 4.78 is 5.11. The SMILES string of the molecule is CCOC(=O)C1CCN(c2cc(C3CCC3)ncn2)CC1. The van der Waals surface area contributed by atoms with E-state index in [1.165, 1.54) is 25.0 Å². The van der Waals surface area contributed by atoms with Crippen molar-refractivity contribution in [3.8, 4) is 0 Å². The van der Waals surface area contributed by atoms with E-state index in [1.807, 2.05) is 6.92 Å². The minimum Gasteiger partial charge on any atom is -0.466 e. The molecule has 2 fully saturated rings. The lowest BCUT2D eigenvalue weighted by molar-refractivity contribution is -0.148. The second-order valence-corrected chi connectivity index (χ2v) is 5.94. The van der Waals surface area contributed by atoms with Crippen molar-refractivity contribution in [2.45, 2.75) is 44.9 Å². The minimum atomic E-state index is -0.0463. The van der Waals surface area contributed by atoms with Gasteiger partial charge >= 0.3 is 5.97 Å². The van der Waals surface area contributed by atoms with Crippen molar-refractivity contribution in [2.75, 3.05) is 24.6 Å². The van der Waals surface area contributed by atoms with E-state index >= 15 is 0 Å². The molecule has 0 spiro atoms. The Hall–Kier alpha value is -1.65. The Morgan fingerprint density at radius 1 is 1.29 bits per heavy atom. The normalized spacial score (nSPS) is 20.1. The van der Waals surface area contributed by atoms with Crippen LogP contribution in [-0.4, -0.2) is 35.6 Å². The van der Waals surface area contributed by atoms with Crippen LogP contribution in [0, 0.1) is 5.92 Å². The lowest BCUT2D eigenvalue weighted by Crippen LogP contribution is -2.37. The van der Waals surface area contributed by atoms with Crippen LogP contribution in [0.3, 0.4) is 0 Å². The van der Waals surface area contributed by atoms with E-state index in [0.717, 1.165) is 31.7 Å². The molecule has 1 aliphatic heterocycles. The second-order valence-electron chi connectivity index (χ2n) is 5.94. The molecule has 21 heavy (non-hydrogen) atoms. The van der Waals surface area contributed by atoms with Gasteiger partial charge in [-0.2, -0.15) is 0 Å². The molecular formula is C16H23N3O2. The highest BCUT2D eigenvalue weighted by atomic mass is 16.5. The Labute approximate surface area is 125 Å². The Morgan fingerprint density at radius 2 is 2.05 bits per heavy atom. The van der Waals surface area contributed by atoms with Gasteiger partial charge in [0.1, 0.15) is 12.1 Å². The maximum Gasteiger partial charge on any atom is 0.309 e. The molecule has 2 heterocycles. The predicted octanol–water partition coefficient (Wildman–Crippen LogP) is 2.52. The lowest BCUT2D eigenvalue weighted by Gasteiger charge is -2.32. The highest BCUT2D eigenvalue weighted by Crippen LogP contribution is 2.36. The largest absolute Gasteiger partial charge is 0.466 e. The van der Waals surface area contributed by atoms with Crippen LogP contribution in [0.4, 0.5) is 5.82 Å². The first-order valence-corrected chi connectivity index (χ1v) is 8.01. The van der Waals surface area contributed by atoms with Crippen molar-refractivity contribution >= 4 is 11.8 Å². The van der Waals surface area contributed by atoms with Crippen LogP contribution in [0.2, 0.25) is 0 Å². The van der Waals surface area contributed by atoms with E-state index in [1.54, 1.807) is 6.33 Å². The molecule has 1 saturated carbocycles. The first-order valence-electron chi connectivity index (χ1n) is 8.01. The van der Waals surface area contributed by atoms with Crippen LogP contribution < -0.4 is 4.90 Å². The van der Waals surface area contributed by atoms with Gasteiger partial charge in [0.2, 0.25) is 0 Å². The van der Waals surface area contributed by atoms with E-state index < -0.39 is 0 Å². The number of ether oxygens (including phenoxy) is 1. The molecule has 114 valence electrons. The Morgan fingerprint density at radius 3 is 2.67 bits per heavy atom. The molecule has 0 atom stereocenters. The van der Waals surface area contributed by atoms with Crippen LogP contribution in [0.5, 0.6) is 0 Å². The lowest BCUT2D eigenvalue weighted by atomic mass is 9.83. The number of carbonyl (C=O) groups is 1. The quantitative estimate of drug-likeness (QED) is 0.797. The molecule has 0 aromatic carbocycles. The van der Waals surface area contributed by atoms with E-state index in [9.17, 15) is 4.79 Å². The van der Waals surface area contributed by atoms with Gasteiger partial charge in [0.25, 0.3) is 0 Å². The summed E-state index contributed by atoms with van der Waals surface area (Å²) in [7, 11) is 0. The topological polar surface area (TPSA) is 55.3 Å². The van der Waals surface area contributed by atoms with Crippen molar-refractivity contribution < 1.29 is 9.53 Å². The fraction of sp³-hybridized carbons (Fsp3) is 0.688. The summed E-state index contributed by atoms with van der Waals surface area (Å²) in [4.78, 5) is 22.8. The maximum atomic E-state index is 11.8. The van der Waals surface area contributed by atoms with E-state index in [-0.39, 0.29) is 11.9 Å². The monoisotopic (exact) mass is 289 g/mol. The third-order valence-electron chi connectivity index (χ3n) is 4.64. The van der Waals surface area contributed by atoms with Crippen LogP contribution in [0.25, 0.3) is 0 Å². The molecule has 0 amide bonds. The molecule has 2 aliphatic rings. The zero-order valence-electron chi connectivity index (χ0n) is 12.6. The summed E-state index contributed by atoms with van der Waals surface area (Å²) in [5, 5.41) is 0. The Balaban J connectivity index is 1.60. The van der Waals surface area contributed by atoms with Crippen LogP contribution in [0.15, 0.2) is 12.4 Å². The summed E-state index contributed by atoms with van der Waals surface area (Å²) in [6.07, 6.45) is 7.20. The molecular weight excluding hydrogens is 266 g/mol. The third kappa shape index (κ3) is 3.17. The van der Waals surface area contributed by atoms with E-state index in [2.05, 4.69) is 20.9 Å². The van der Waals surface area contributed by atoms with E-state index in [0.29, 0.717) is 12.5 Å². The molecule has 0 bridgehead atoms. The molecule has 0 unspecified atom stereocenters. The molecule has 1 saturated heterocycles. The number of nitrogens with zero attached hydrogens (tertiary/aromatic N) is 3. The van der Waals surface area contributed by atoms with Crippen molar-refractivity contribution in [1.29, 1.82) is 0 Å². The molecule has 5 nitrogen and oxygen atoms in total. The Kier molecular flexibility index (Phi) is 4.36. The smallest absolute Gasteiger partial charge is 0.309 e. The average Bonchev–Trinajstić information content (AvgIpc) is 2.46. The van der Waals surface area contributed by atoms with Gasteiger partial charge in [0.15, 0.2) is 0 Å². The van der Waals surface area contributed by atoms with Crippen LogP contribution in [0.1, 0.15) is 50.6 Å². The summed E-state index contributed by atoms with van der Waals surface area (Å²) in [6, 6.07) is 2.13. The number of hydrogen-bond acceptors (Lipinski definition) is 5. The van der Waals surface area contributed by atoms with E-state index in [4.69, 9.17) is 4.74 Å². The number of aromatic nitrogens is 2. The predicted molar refractivity (Wildman–Crippen MR) is 80.2 cm³/mol. The fourth-order valence-corrected chi connectivity index (χ4v) is 3.07. The summed E-state index contributed by atoms with van der Waals surface area (Å²) in [6.45, 7) is 4.06. The zero-order chi connectivity index (χ0) is 14.7. The van der Waals surface area contributed by atoms with Crippen molar-refractivity contribution in [2.24, 2.45) is 5.92 Å². The molecule has 1 aromatic rings. The molecule has 5 heteroatoms. The van der Waals surface area contributed by atoms with Gasteiger partial charge in [-0.25, -0.2) is 9.97 Å². The summed E-state index contributed by atoms with van der Waals surface area (Å²) in [5.74, 6) is 1.64. The van der Waals surface area contributed by atoms with Crippen molar-refractivity contribution in [3.63, 3.8) is 0 Å². The number of esters is 1. The standard InChI is InChI=1S/C16H23N3O2/c1-2-21-16(20)13-6-8-19(9-7-13)15-10-14(17-11-18-15)12-4-3-5-12/h10-13H,2-9H2,1H3. The highest BCUT2D eigenvalue weighted by Gasteiger charge is 2.27. The second kappa shape index (κ2) is 6.41. The summed E-state index contributed by atoms with van der Waals surface area (Å²) in [5.41, 5.74) is 1.18. The first kappa shape index (κ1) is 14.3. The number of rotatable bonds is 4. The maximum absolute atomic E-state index is 11.8. The van der Waals surface area contributed by atoms with Crippen molar-refractivity contribution in [1.82, 2.24) is 9.97 Å². The number of anilines is 1. The first-order chi connectivity index (χ1) is 10.3. The highest BCUT2D eigenvalue weighted by molar-refractivity contribution is 5.72.